The van der Waals surface area contributed by atoms with Gasteiger partial charge in [0.25, 0.3) is 5.91 Å². The summed E-state index contributed by atoms with van der Waals surface area (Å²) in [6, 6.07) is 11.8. The molecule has 0 unspecified atom stereocenters. The van der Waals surface area contributed by atoms with E-state index in [4.69, 9.17) is 14.1 Å². The van der Waals surface area contributed by atoms with E-state index in [1.807, 2.05) is 30.0 Å². The van der Waals surface area contributed by atoms with Gasteiger partial charge in [0, 0.05) is 44.7 Å². The fourth-order valence-corrected chi connectivity index (χ4v) is 3.90. The van der Waals surface area contributed by atoms with Crippen LogP contribution >= 0.6 is 0 Å². The zero-order valence-electron chi connectivity index (χ0n) is 17.2. The van der Waals surface area contributed by atoms with Gasteiger partial charge < -0.3 is 19.0 Å². The molecule has 0 bridgehead atoms. The number of pyridine rings is 1. The molecule has 3 heterocycles. The first-order chi connectivity index (χ1) is 14.0. The Labute approximate surface area is 171 Å². The minimum Gasteiger partial charge on any atom is -0.459 e. The van der Waals surface area contributed by atoms with E-state index >= 15 is 0 Å². The maximum absolute atomic E-state index is 13.1. The third kappa shape index (κ3) is 4.12. The van der Waals surface area contributed by atoms with E-state index in [-0.39, 0.29) is 12.0 Å². The zero-order valence-corrected chi connectivity index (χ0v) is 17.2. The number of aryl methyl sites for hydroxylation is 1. The Morgan fingerprint density at radius 1 is 1.24 bits per heavy atom. The maximum Gasteiger partial charge on any atom is 0.289 e. The Balaban J connectivity index is 1.71. The van der Waals surface area contributed by atoms with Gasteiger partial charge in [-0.2, -0.15) is 0 Å². The van der Waals surface area contributed by atoms with Gasteiger partial charge in [-0.15, -0.1) is 0 Å². The number of aromatic nitrogens is 1. The molecule has 1 amide bonds. The molecule has 0 aliphatic carbocycles. The summed E-state index contributed by atoms with van der Waals surface area (Å²) in [5.41, 5.74) is 3.13. The molecule has 0 saturated carbocycles. The van der Waals surface area contributed by atoms with Gasteiger partial charge in [-0.25, -0.2) is 4.98 Å². The minimum absolute atomic E-state index is 0.0624. The molecular formula is C23H27N3O3. The van der Waals surface area contributed by atoms with Crippen molar-refractivity contribution in [3.63, 3.8) is 0 Å². The lowest BCUT2D eigenvalue weighted by Crippen LogP contribution is -2.37. The second kappa shape index (κ2) is 8.25. The predicted octanol–water partition coefficient (Wildman–Crippen LogP) is 4.02. The number of amides is 1. The predicted molar refractivity (Wildman–Crippen MR) is 113 cm³/mol. The largest absolute Gasteiger partial charge is 0.459 e. The summed E-state index contributed by atoms with van der Waals surface area (Å²) < 4.78 is 11.2. The Kier molecular flexibility index (Phi) is 5.53. The molecule has 1 aromatic carbocycles. The summed E-state index contributed by atoms with van der Waals surface area (Å²) >= 11 is 0. The van der Waals surface area contributed by atoms with Crippen molar-refractivity contribution in [3.05, 3.63) is 59.5 Å². The molecule has 0 N–H and O–H groups in total. The average molecular weight is 393 g/mol. The maximum atomic E-state index is 13.1. The van der Waals surface area contributed by atoms with Gasteiger partial charge in [0.15, 0.2) is 5.76 Å². The highest BCUT2D eigenvalue weighted by atomic mass is 16.5. The van der Waals surface area contributed by atoms with Crippen LogP contribution < -0.4 is 4.90 Å². The van der Waals surface area contributed by atoms with Crippen molar-refractivity contribution in [2.45, 2.75) is 32.4 Å². The summed E-state index contributed by atoms with van der Waals surface area (Å²) in [6.45, 7) is 3.81. The van der Waals surface area contributed by atoms with E-state index in [0.29, 0.717) is 18.8 Å². The number of ether oxygens (including phenoxy) is 1. The lowest BCUT2D eigenvalue weighted by atomic mass is 10.1. The summed E-state index contributed by atoms with van der Waals surface area (Å²) in [5.74, 6) is 1.09. The number of carbonyl (C=O) groups is 1. The van der Waals surface area contributed by atoms with Gasteiger partial charge >= 0.3 is 0 Å². The van der Waals surface area contributed by atoms with Crippen LogP contribution in [0.1, 0.15) is 34.5 Å². The second-order valence-corrected chi connectivity index (χ2v) is 7.81. The molecule has 3 aromatic rings. The third-order valence-corrected chi connectivity index (χ3v) is 5.36. The lowest BCUT2D eigenvalue weighted by Gasteiger charge is -2.27. The summed E-state index contributed by atoms with van der Waals surface area (Å²) in [4.78, 5) is 21.9. The number of hydrogen-bond acceptors (Lipinski definition) is 5. The molecule has 1 aliphatic heterocycles. The molecule has 1 fully saturated rings. The fourth-order valence-electron chi connectivity index (χ4n) is 3.90. The van der Waals surface area contributed by atoms with Gasteiger partial charge in [-0.1, -0.05) is 18.2 Å². The van der Waals surface area contributed by atoms with Crippen molar-refractivity contribution in [2.75, 3.05) is 32.1 Å². The molecule has 6 heteroatoms. The number of para-hydroxylation sites is 1. The number of fused-ring (bicyclic) bond motifs is 1. The number of anilines is 1. The van der Waals surface area contributed by atoms with Crippen molar-refractivity contribution in [2.24, 2.45) is 0 Å². The third-order valence-electron chi connectivity index (χ3n) is 5.36. The summed E-state index contributed by atoms with van der Waals surface area (Å²) in [6.07, 6.45) is 3.60. The topological polar surface area (TPSA) is 58.8 Å². The van der Waals surface area contributed by atoms with Gasteiger partial charge in [0.05, 0.1) is 17.9 Å². The second-order valence-electron chi connectivity index (χ2n) is 7.81. The first kappa shape index (κ1) is 19.5. The van der Waals surface area contributed by atoms with Gasteiger partial charge in [0.2, 0.25) is 0 Å². The summed E-state index contributed by atoms with van der Waals surface area (Å²) in [7, 11) is 3.96. The molecule has 152 valence electrons. The van der Waals surface area contributed by atoms with E-state index in [9.17, 15) is 4.79 Å². The van der Waals surface area contributed by atoms with Crippen molar-refractivity contribution in [3.8, 4) is 0 Å². The van der Waals surface area contributed by atoms with E-state index in [1.165, 1.54) is 6.26 Å². The van der Waals surface area contributed by atoms with Crippen molar-refractivity contribution in [1.82, 2.24) is 9.88 Å². The first-order valence-electron chi connectivity index (χ1n) is 10.0. The number of furan rings is 1. The van der Waals surface area contributed by atoms with Crippen LogP contribution in [0.2, 0.25) is 0 Å². The molecule has 0 radical (unpaired) electrons. The quantitative estimate of drug-likeness (QED) is 0.633. The van der Waals surface area contributed by atoms with Crippen molar-refractivity contribution >= 4 is 22.6 Å². The number of benzene rings is 1. The smallest absolute Gasteiger partial charge is 0.289 e. The van der Waals surface area contributed by atoms with Crippen molar-refractivity contribution in [1.29, 1.82) is 0 Å². The Hall–Kier alpha value is -2.86. The number of carbonyl (C=O) groups excluding carboxylic acids is 1. The average Bonchev–Trinajstić information content (AvgIpc) is 3.41. The van der Waals surface area contributed by atoms with Crippen LogP contribution in [0.5, 0.6) is 0 Å². The highest BCUT2D eigenvalue weighted by Crippen LogP contribution is 2.27. The van der Waals surface area contributed by atoms with Crippen LogP contribution in [0.4, 0.5) is 5.82 Å². The van der Waals surface area contributed by atoms with Crippen LogP contribution in [0.25, 0.3) is 10.9 Å². The van der Waals surface area contributed by atoms with Gasteiger partial charge in [0.1, 0.15) is 5.82 Å². The number of rotatable bonds is 6. The van der Waals surface area contributed by atoms with Crippen LogP contribution in [0.3, 0.4) is 0 Å². The SMILES string of the molecule is Cc1cccc2cc(CN(C[C@@H]3CCCO3)C(=O)c3ccco3)c(N(C)C)nc12. The van der Waals surface area contributed by atoms with Gasteiger partial charge in [-0.05, 0) is 43.5 Å². The lowest BCUT2D eigenvalue weighted by molar-refractivity contribution is 0.0484. The van der Waals surface area contributed by atoms with E-state index in [2.05, 4.69) is 25.1 Å². The van der Waals surface area contributed by atoms with Crippen LogP contribution in [0, 0.1) is 6.92 Å². The van der Waals surface area contributed by atoms with Crippen molar-refractivity contribution < 1.29 is 13.9 Å². The molecule has 0 spiro atoms. The van der Waals surface area contributed by atoms with Gasteiger partial charge in [-0.3, -0.25) is 4.79 Å². The first-order valence-corrected chi connectivity index (χ1v) is 10.0. The van der Waals surface area contributed by atoms with E-state index in [1.54, 1.807) is 12.1 Å². The molecule has 1 saturated heterocycles. The van der Waals surface area contributed by atoms with Crippen LogP contribution in [-0.2, 0) is 11.3 Å². The molecule has 4 rings (SSSR count). The number of hydrogen-bond donors (Lipinski definition) is 0. The minimum atomic E-state index is -0.125. The Bertz CT molecular complexity index is 992. The molecule has 6 nitrogen and oxygen atoms in total. The standard InChI is InChI=1S/C23H27N3O3/c1-16-7-4-8-17-13-18(22(25(2)3)24-21(16)17)14-26(15-19-9-5-11-28-19)23(27)20-10-6-12-29-20/h4,6-8,10,12-13,19H,5,9,11,14-15H2,1-3H3/t19-/m0/s1. The summed E-state index contributed by atoms with van der Waals surface area (Å²) in [5, 5.41) is 1.08. The molecule has 2 aromatic heterocycles. The highest BCUT2D eigenvalue weighted by Gasteiger charge is 2.26. The molecule has 29 heavy (non-hydrogen) atoms. The Morgan fingerprint density at radius 3 is 2.79 bits per heavy atom. The van der Waals surface area contributed by atoms with E-state index in [0.717, 1.165) is 47.3 Å². The van der Waals surface area contributed by atoms with E-state index < -0.39 is 0 Å². The zero-order chi connectivity index (χ0) is 20.4. The molecule has 1 atom stereocenters. The monoisotopic (exact) mass is 393 g/mol. The highest BCUT2D eigenvalue weighted by molar-refractivity contribution is 5.92. The fraction of sp³-hybridized carbons (Fsp3) is 0.391. The van der Waals surface area contributed by atoms with Crippen LogP contribution in [-0.4, -0.2) is 49.1 Å². The molecular weight excluding hydrogens is 366 g/mol. The number of nitrogens with zero attached hydrogens (tertiary/aromatic N) is 3. The Morgan fingerprint density at radius 2 is 2.10 bits per heavy atom. The normalized spacial score (nSPS) is 16.3. The molecule has 1 aliphatic rings. The van der Waals surface area contributed by atoms with Crippen LogP contribution in [0.15, 0.2) is 47.1 Å².